The van der Waals surface area contributed by atoms with Crippen LogP contribution in [0, 0.1) is 0 Å². The first kappa shape index (κ1) is 20.6. The summed E-state index contributed by atoms with van der Waals surface area (Å²) >= 11 is 7.04. The number of carbonyl (C=O) groups excluding carboxylic acids is 2. The minimum Gasteiger partial charge on any atom is -0.391 e. The summed E-state index contributed by atoms with van der Waals surface area (Å²) in [6.07, 6.45) is -0.175. The maximum Gasteiger partial charge on any atom is 0.261 e. The summed E-state index contributed by atoms with van der Waals surface area (Å²) in [5.74, 6) is -0.237. The number of carbonyl (C=O) groups is 2. The highest BCUT2D eigenvalue weighted by molar-refractivity contribution is 7.17. The van der Waals surface area contributed by atoms with Gasteiger partial charge in [-0.25, -0.2) is 0 Å². The predicted octanol–water partition coefficient (Wildman–Crippen LogP) is 2.36. The van der Waals surface area contributed by atoms with Crippen LogP contribution in [-0.4, -0.2) is 55.9 Å². The smallest absolute Gasteiger partial charge is 0.261 e. The van der Waals surface area contributed by atoms with Gasteiger partial charge in [-0.15, -0.1) is 11.3 Å². The lowest BCUT2D eigenvalue weighted by atomic mass is 10.2. The molecule has 3 N–H and O–H groups in total. The molecule has 1 aromatic carbocycles. The van der Waals surface area contributed by atoms with Gasteiger partial charge in [-0.3, -0.25) is 9.59 Å². The maximum atomic E-state index is 11.9. The molecule has 1 fully saturated rings. The molecule has 1 unspecified atom stereocenters. The third-order valence-corrected chi connectivity index (χ3v) is 5.50. The van der Waals surface area contributed by atoms with E-state index in [4.69, 9.17) is 16.3 Å². The Hall–Kier alpha value is -2.13. The predicted molar refractivity (Wildman–Crippen MR) is 110 cm³/mol. The number of aliphatic hydroxyl groups excluding tert-OH is 1. The Morgan fingerprint density at radius 3 is 2.75 bits per heavy atom. The highest BCUT2D eigenvalue weighted by atomic mass is 35.5. The number of thiophene rings is 1. The zero-order valence-corrected chi connectivity index (χ0v) is 16.8. The fourth-order valence-corrected chi connectivity index (χ4v) is 3.72. The Balaban J connectivity index is 1.38. The van der Waals surface area contributed by atoms with Crippen LogP contribution in [0.2, 0.25) is 4.34 Å². The number of benzene rings is 1. The van der Waals surface area contributed by atoms with Gasteiger partial charge < -0.3 is 25.4 Å². The van der Waals surface area contributed by atoms with Crippen molar-refractivity contribution in [1.82, 2.24) is 5.32 Å². The molecule has 28 heavy (non-hydrogen) atoms. The average Bonchev–Trinajstić information content (AvgIpc) is 3.14. The molecule has 0 spiro atoms. The molecule has 1 aliphatic heterocycles. The summed E-state index contributed by atoms with van der Waals surface area (Å²) < 4.78 is 5.70. The van der Waals surface area contributed by atoms with Crippen LogP contribution in [0.4, 0.5) is 11.4 Å². The van der Waals surface area contributed by atoms with Crippen molar-refractivity contribution in [2.45, 2.75) is 12.5 Å². The topological polar surface area (TPSA) is 90.9 Å². The molecule has 150 valence electrons. The van der Waals surface area contributed by atoms with Crippen molar-refractivity contribution >= 4 is 46.1 Å². The first-order valence-electron chi connectivity index (χ1n) is 8.96. The lowest BCUT2D eigenvalue weighted by Gasteiger charge is -2.27. The Morgan fingerprint density at radius 1 is 1.29 bits per heavy atom. The van der Waals surface area contributed by atoms with Gasteiger partial charge in [0.25, 0.3) is 11.8 Å². The van der Waals surface area contributed by atoms with Crippen LogP contribution < -0.4 is 15.5 Å². The first-order valence-corrected chi connectivity index (χ1v) is 10.2. The van der Waals surface area contributed by atoms with E-state index in [1.165, 1.54) is 11.3 Å². The Kier molecular flexibility index (Phi) is 7.27. The Labute approximate surface area is 172 Å². The van der Waals surface area contributed by atoms with Crippen molar-refractivity contribution < 1.29 is 19.4 Å². The van der Waals surface area contributed by atoms with E-state index in [2.05, 4.69) is 10.6 Å². The van der Waals surface area contributed by atoms with Gasteiger partial charge in [0.15, 0.2) is 0 Å². The fourth-order valence-electron chi connectivity index (χ4n) is 2.76. The molecule has 2 amide bonds. The lowest BCUT2D eigenvalue weighted by molar-refractivity contribution is -0.125. The second kappa shape index (κ2) is 9.88. The number of hydrogen-bond acceptors (Lipinski definition) is 6. The van der Waals surface area contributed by atoms with Crippen molar-refractivity contribution in [3.8, 4) is 0 Å². The number of nitrogens with zero attached hydrogens (tertiary/aromatic N) is 1. The molecule has 1 aromatic heterocycles. The minimum absolute atomic E-state index is 0.0470. The molecule has 0 bridgehead atoms. The van der Waals surface area contributed by atoms with Crippen molar-refractivity contribution in [2.24, 2.45) is 0 Å². The number of aliphatic hydroxyl groups is 1. The maximum absolute atomic E-state index is 11.9. The molecule has 0 aliphatic carbocycles. The summed E-state index contributed by atoms with van der Waals surface area (Å²) in [6.45, 7) is 1.93. The van der Waals surface area contributed by atoms with Crippen LogP contribution in [0.3, 0.4) is 0 Å². The van der Waals surface area contributed by atoms with Crippen LogP contribution in [-0.2, 0) is 9.53 Å². The van der Waals surface area contributed by atoms with Gasteiger partial charge in [0.1, 0.15) is 6.61 Å². The zero-order valence-electron chi connectivity index (χ0n) is 15.2. The molecule has 0 saturated carbocycles. The largest absolute Gasteiger partial charge is 0.391 e. The summed E-state index contributed by atoms with van der Waals surface area (Å²) in [7, 11) is 0. The molecule has 9 heteroatoms. The van der Waals surface area contributed by atoms with E-state index in [0.717, 1.165) is 11.4 Å². The van der Waals surface area contributed by atoms with Crippen molar-refractivity contribution in [1.29, 1.82) is 0 Å². The van der Waals surface area contributed by atoms with Gasteiger partial charge in [-0.05, 0) is 42.8 Å². The zero-order chi connectivity index (χ0) is 19.9. The van der Waals surface area contributed by atoms with E-state index >= 15 is 0 Å². The quantitative estimate of drug-likeness (QED) is 0.606. The van der Waals surface area contributed by atoms with Crippen molar-refractivity contribution in [3.05, 3.63) is 45.6 Å². The Bertz CT molecular complexity index is 812. The normalized spacial score (nSPS) is 15.4. The molecular weight excluding hydrogens is 402 g/mol. The van der Waals surface area contributed by atoms with E-state index in [9.17, 15) is 14.7 Å². The van der Waals surface area contributed by atoms with Gasteiger partial charge in [-0.1, -0.05) is 11.6 Å². The number of rotatable bonds is 8. The fraction of sp³-hybridized carbons (Fsp3) is 0.368. The SMILES string of the molecule is O=C(NCCC(O)CNc1ccc(N2CCOCC2=O)cc1)c1ccc(Cl)s1. The second-order valence-electron chi connectivity index (χ2n) is 6.33. The van der Waals surface area contributed by atoms with Crippen molar-refractivity contribution in [3.63, 3.8) is 0 Å². The Morgan fingerprint density at radius 2 is 2.07 bits per heavy atom. The summed E-state index contributed by atoms with van der Waals surface area (Å²) in [4.78, 5) is 26.0. The molecule has 0 radical (unpaired) electrons. The molecule has 7 nitrogen and oxygen atoms in total. The van der Waals surface area contributed by atoms with E-state index in [1.807, 2.05) is 24.3 Å². The third-order valence-electron chi connectivity index (χ3n) is 4.27. The minimum atomic E-state index is -0.604. The highest BCUT2D eigenvalue weighted by Crippen LogP contribution is 2.21. The van der Waals surface area contributed by atoms with Gasteiger partial charge in [0.05, 0.1) is 21.9 Å². The van der Waals surface area contributed by atoms with Gasteiger partial charge in [-0.2, -0.15) is 0 Å². The molecule has 1 saturated heterocycles. The second-order valence-corrected chi connectivity index (χ2v) is 8.04. The average molecular weight is 424 g/mol. The van der Waals surface area contributed by atoms with Crippen LogP contribution in [0.25, 0.3) is 0 Å². The van der Waals surface area contributed by atoms with Crippen LogP contribution in [0.15, 0.2) is 36.4 Å². The van der Waals surface area contributed by atoms with Crippen molar-refractivity contribution in [2.75, 3.05) is 43.1 Å². The van der Waals surface area contributed by atoms with Crippen LogP contribution >= 0.6 is 22.9 Å². The molecule has 1 aliphatic rings. The lowest BCUT2D eigenvalue weighted by Crippen LogP contribution is -2.41. The molecular formula is C19H22ClN3O4S. The molecule has 1 atom stereocenters. The molecule has 2 aromatic rings. The van der Waals surface area contributed by atoms with E-state index < -0.39 is 6.10 Å². The summed E-state index contributed by atoms with van der Waals surface area (Å²) in [5, 5.41) is 16.0. The van der Waals surface area contributed by atoms with Crippen LogP contribution in [0.1, 0.15) is 16.1 Å². The molecule has 2 heterocycles. The van der Waals surface area contributed by atoms with Gasteiger partial charge >= 0.3 is 0 Å². The van der Waals surface area contributed by atoms with E-state index in [1.54, 1.807) is 17.0 Å². The molecule has 3 rings (SSSR count). The first-order chi connectivity index (χ1) is 13.5. The number of nitrogens with one attached hydrogen (secondary N) is 2. The monoisotopic (exact) mass is 423 g/mol. The summed E-state index contributed by atoms with van der Waals surface area (Å²) in [5.41, 5.74) is 1.68. The number of ether oxygens (including phenoxy) is 1. The highest BCUT2D eigenvalue weighted by Gasteiger charge is 2.19. The number of morpholine rings is 1. The number of hydrogen-bond donors (Lipinski definition) is 3. The van der Waals surface area contributed by atoms with Crippen LogP contribution in [0.5, 0.6) is 0 Å². The van der Waals surface area contributed by atoms with Gasteiger partial charge in [0.2, 0.25) is 0 Å². The van der Waals surface area contributed by atoms with E-state index in [0.29, 0.717) is 41.9 Å². The number of anilines is 2. The summed E-state index contributed by atoms with van der Waals surface area (Å²) in [6, 6.07) is 10.8. The number of halogens is 1. The number of amides is 2. The van der Waals surface area contributed by atoms with Gasteiger partial charge in [0, 0.05) is 31.0 Å². The standard InChI is InChI=1S/C19H22ClN3O4S/c20-17-6-5-16(28-17)19(26)21-8-7-15(24)11-22-13-1-3-14(4-2-13)23-9-10-27-12-18(23)25/h1-6,15,22,24H,7-12H2,(H,21,26). The van der Waals surface area contributed by atoms with E-state index in [-0.39, 0.29) is 18.4 Å². The third kappa shape index (κ3) is 5.68.